The number of hydrogen-bond donors (Lipinski definition) is 1. The summed E-state index contributed by atoms with van der Waals surface area (Å²) in [7, 11) is 1.93. The summed E-state index contributed by atoms with van der Waals surface area (Å²) in [6.07, 6.45) is 2.03. The van der Waals surface area contributed by atoms with Crippen LogP contribution < -0.4 is 5.32 Å². The van der Waals surface area contributed by atoms with Crippen LogP contribution in [-0.2, 0) is 20.1 Å². The van der Waals surface area contributed by atoms with E-state index >= 15 is 0 Å². The molecule has 0 aromatic carbocycles. The fourth-order valence-electron chi connectivity index (χ4n) is 1.68. The van der Waals surface area contributed by atoms with Crippen LogP contribution in [0.25, 0.3) is 0 Å². The standard InChI is InChI=1S/C12H14N4S/c1-9-10(8-16(2)15-9)6-14-7-12-4-3-11(5-13)17-12/h3-4,8,14H,6-7H2,1-2H3. The van der Waals surface area contributed by atoms with Crippen LogP contribution in [0.5, 0.6) is 0 Å². The molecule has 0 spiro atoms. The molecular weight excluding hydrogens is 232 g/mol. The molecule has 2 aromatic rings. The van der Waals surface area contributed by atoms with E-state index in [2.05, 4.69) is 16.5 Å². The average molecular weight is 246 g/mol. The van der Waals surface area contributed by atoms with Crippen molar-refractivity contribution >= 4 is 11.3 Å². The molecule has 0 aliphatic carbocycles. The lowest BCUT2D eigenvalue weighted by molar-refractivity contribution is 0.697. The van der Waals surface area contributed by atoms with Crippen molar-refractivity contribution in [2.45, 2.75) is 20.0 Å². The molecular formula is C12H14N4S. The zero-order chi connectivity index (χ0) is 12.3. The second-order valence-corrected chi connectivity index (χ2v) is 5.06. The predicted octanol–water partition coefficient (Wildman–Crippen LogP) is 1.95. The van der Waals surface area contributed by atoms with Crippen LogP contribution in [0.15, 0.2) is 18.3 Å². The highest BCUT2D eigenvalue weighted by atomic mass is 32.1. The summed E-state index contributed by atoms with van der Waals surface area (Å²) < 4.78 is 1.82. The molecule has 2 rings (SSSR count). The number of nitrogens with one attached hydrogen (secondary N) is 1. The van der Waals surface area contributed by atoms with E-state index in [0.29, 0.717) is 0 Å². The van der Waals surface area contributed by atoms with Gasteiger partial charge in [-0.05, 0) is 19.1 Å². The molecule has 0 aliphatic rings. The first-order valence-corrected chi connectivity index (χ1v) is 6.19. The zero-order valence-corrected chi connectivity index (χ0v) is 10.7. The highest BCUT2D eigenvalue weighted by molar-refractivity contribution is 7.12. The quantitative estimate of drug-likeness (QED) is 0.897. The minimum absolute atomic E-state index is 0.763. The number of rotatable bonds is 4. The maximum atomic E-state index is 8.72. The summed E-state index contributed by atoms with van der Waals surface area (Å²) in [5, 5.41) is 16.4. The van der Waals surface area contributed by atoms with Crippen LogP contribution in [0.2, 0.25) is 0 Å². The van der Waals surface area contributed by atoms with E-state index in [1.54, 1.807) is 0 Å². The maximum Gasteiger partial charge on any atom is 0.110 e. The van der Waals surface area contributed by atoms with Crippen molar-refractivity contribution in [2.24, 2.45) is 7.05 Å². The van der Waals surface area contributed by atoms with Crippen molar-refractivity contribution in [3.05, 3.63) is 39.3 Å². The van der Waals surface area contributed by atoms with Crippen molar-refractivity contribution in [1.82, 2.24) is 15.1 Å². The van der Waals surface area contributed by atoms with E-state index in [4.69, 9.17) is 5.26 Å². The Hall–Kier alpha value is -1.64. The van der Waals surface area contributed by atoms with Gasteiger partial charge >= 0.3 is 0 Å². The first-order chi connectivity index (χ1) is 8.19. The van der Waals surface area contributed by atoms with Gasteiger partial charge in [0, 0.05) is 36.8 Å². The molecule has 0 saturated heterocycles. The van der Waals surface area contributed by atoms with Crippen LogP contribution in [0.3, 0.4) is 0 Å². The Morgan fingerprint density at radius 3 is 2.88 bits per heavy atom. The van der Waals surface area contributed by atoms with Crippen molar-refractivity contribution in [2.75, 3.05) is 0 Å². The van der Waals surface area contributed by atoms with Gasteiger partial charge in [0.1, 0.15) is 10.9 Å². The fraction of sp³-hybridized carbons (Fsp3) is 0.333. The normalized spacial score (nSPS) is 10.4. The molecule has 0 radical (unpaired) electrons. The number of aryl methyl sites for hydroxylation is 2. The van der Waals surface area contributed by atoms with Crippen LogP contribution >= 0.6 is 11.3 Å². The largest absolute Gasteiger partial charge is 0.308 e. The first kappa shape index (κ1) is 11.8. The van der Waals surface area contributed by atoms with Crippen LogP contribution in [0.4, 0.5) is 0 Å². The SMILES string of the molecule is Cc1nn(C)cc1CNCc1ccc(C#N)s1. The van der Waals surface area contributed by atoms with Crippen LogP contribution in [-0.4, -0.2) is 9.78 Å². The molecule has 2 heterocycles. The third kappa shape index (κ3) is 2.93. The summed E-state index contributed by atoms with van der Waals surface area (Å²) in [4.78, 5) is 1.95. The Kier molecular flexibility index (Phi) is 3.57. The summed E-state index contributed by atoms with van der Waals surface area (Å²) in [6.45, 7) is 3.61. The van der Waals surface area contributed by atoms with Gasteiger partial charge in [0.2, 0.25) is 0 Å². The van der Waals surface area contributed by atoms with Gasteiger partial charge < -0.3 is 5.32 Å². The average Bonchev–Trinajstić information content (AvgIpc) is 2.86. The molecule has 0 amide bonds. The monoisotopic (exact) mass is 246 g/mol. The Balaban J connectivity index is 1.87. The van der Waals surface area contributed by atoms with Gasteiger partial charge in [-0.1, -0.05) is 0 Å². The molecule has 0 unspecified atom stereocenters. The first-order valence-electron chi connectivity index (χ1n) is 5.37. The second kappa shape index (κ2) is 5.13. The number of nitrogens with zero attached hydrogens (tertiary/aromatic N) is 3. The number of thiophene rings is 1. The highest BCUT2D eigenvalue weighted by Crippen LogP contribution is 2.15. The highest BCUT2D eigenvalue weighted by Gasteiger charge is 2.03. The summed E-state index contributed by atoms with van der Waals surface area (Å²) in [6, 6.07) is 6.00. The van der Waals surface area contributed by atoms with Gasteiger partial charge in [-0.25, -0.2) is 0 Å². The number of hydrogen-bond acceptors (Lipinski definition) is 4. The zero-order valence-electron chi connectivity index (χ0n) is 9.90. The molecule has 0 aliphatic heterocycles. The molecule has 0 fully saturated rings. The van der Waals surface area contributed by atoms with E-state index in [0.717, 1.165) is 23.7 Å². The topological polar surface area (TPSA) is 53.6 Å². The van der Waals surface area contributed by atoms with Gasteiger partial charge in [-0.15, -0.1) is 11.3 Å². The van der Waals surface area contributed by atoms with E-state index < -0.39 is 0 Å². The molecule has 0 bridgehead atoms. The van der Waals surface area contributed by atoms with Crippen molar-refractivity contribution in [3.8, 4) is 6.07 Å². The van der Waals surface area contributed by atoms with E-state index in [9.17, 15) is 0 Å². The molecule has 17 heavy (non-hydrogen) atoms. The van der Waals surface area contributed by atoms with Crippen molar-refractivity contribution in [1.29, 1.82) is 5.26 Å². The molecule has 5 heteroatoms. The van der Waals surface area contributed by atoms with Gasteiger partial charge in [-0.3, -0.25) is 4.68 Å². The lowest BCUT2D eigenvalue weighted by atomic mass is 10.2. The fourth-order valence-corrected chi connectivity index (χ4v) is 2.45. The van der Waals surface area contributed by atoms with E-state index in [1.807, 2.05) is 37.0 Å². The van der Waals surface area contributed by atoms with E-state index in [1.165, 1.54) is 21.8 Å². The van der Waals surface area contributed by atoms with Crippen LogP contribution in [0.1, 0.15) is 21.0 Å². The molecule has 1 N–H and O–H groups in total. The second-order valence-electron chi connectivity index (χ2n) is 3.89. The van der Waals surface area contributed by atoms with Crippen molar-refractivity contribution < 1.29 is 0 Å². The molecule has 88 valence electrons. The Labute approximate surface area is 105 Å². The van der Waals surface area contributed by atoms with Gasteiger partial charge in [0.05, 0.1) is 5.69 Å². The van der Waals surface area contributed by atoms with Gasteiger partial charge in [0.15, 0.2) is 0 Å². The third-order valence-electron chi connectivity index (χ3n) is 2.50. The van der Waals surface area contributed by atoms with Crippen molar-refractivity contribution in [3.63, 3.8) is 0 Å². The van der Waals surface area contributed by atoms with Gasteiger partial charge in [-0.2, -0.15) is 10.4 Å². The lowest BCUT2D eigenvalue weighted by Crippen LogP contribution is -2.11. The molecule has 0 saturated carbocycles. The molecule has 2 aromatic heterocycles. The third-order valence-corrected chi connectivity index (χ3v) is 3.49. The summed E-state index contributed by atoms with van der Waals surface area (Å²) >= 11 is 1.53. The van der Waals surface area contributed by atoms with Crippen LogP contribution in [0, 0.1) is 18.3 Å². The minimum atomic E-state index is 0.763. The van der Waals surface area contributed by atoms with E-state index in [-0.39, 0.29) is 0 Å². The smallest absolute Gasteiger partial charge is 0.110 e. The predicted molar refractivity (Wildman–Crippen MR) is 67.5 cm³/mol. The Morgan fingerprint density at radius 1 is 1.47 bits per heavy atom. The molecule has 0 atom stereocenters. The van der Waals surface area contributed by atoms with Gasteiger partial charge in [0.25, 0.3) is 0 Å². The summed E-state index contributed by atoms with van der Waals surface area (Å²) in [5.41, 5.74) is 2.27. The number of nitriles is 1. The molecule has 4 nitrogen and oxygen atoms in total. The Bertz CT molecular complexity index is 547. The minimum Gasteiger partial charge on any atom is -0.308 e. The maximum absolute atomic E-state index is 8.72. The Morgan fingerprint density at radius 2 is 2.29 bits per heavy atom. The lowest BCUT2D eigenvalue weighted by Gasteiger charge is -2.01. The summed E-state index contributed by atoms with van der Waals surface area (Å²) in [5.74, 6) is 0. The number of aromatic nitrogens is 2.